The van der Waals surface area contributed by atoms with Crippen LogP contribution in [0.25, 0.3) is 0 Å². The first kappa shape index (κ1) is 17.2. The van der Waals surface area contributed by atoms with Crippen molar-refractivity contribution in [2.24, 2.45) is 0 Å². The molecule has 0 bridgehead atoms. The average Bonchev–Trinajstić information content (AvgIpc) is 2.69. The molecule has 26 heavy (non-hydrogen) atoms. The molecule has 1 aromatic heterocycles. The first-order valence-corrected chi connectivity index (χ1v) is 7.87. The minimum absolute atomic E-state index is 0.317. The molecule has 0 saturated carbocycles. The second kappa shape index (κ2) is 7.98. The first-order valence-electron chi connectivity index (χ1n) is 7.87. The number of carbonyl (C=O) groups excluding carboxylic acids is 1. The highest BCUT2D eigenvalue weighted by molar-refractivity contribution is 6.04. The van der Waals surface area contributed by atoms with Gasteiger partial charge in [-0.2, -0.15) is 0 Å². The lowest BCUT2D eigenvalue weighted by atomic mass is 10.2. The van der Waals surface area contributed by atoms with Gasteiger partial charge in [0.2, 0.25) is 5.95 Å². The third kappa shape index (κ3) is 4.07. The quantitative estimate of drug-likeness (QED) is 0.708. The molecule has 0 spiro atoms. The molecule has 1 heterocycles. The van der Waals surface area contributed by atoms with Gasteiger partial charge < -0.3 is 20.1 Å². The van der Waals surface area contributed by atoms with Gasteiger partial charge in [0, 0.05) is 24.1 Å². The summed E-state index contributed by atoms with van der Waals surface area (Å²) in [5, 5.41) is 5.84. The van der Waals surface area contributed by atoms with E-state index >= 15 is 0 Å². The van der Waals surface area contributed by atoms with E-state index in [1.165, 1.54) is 12.4 Å². The predicted octanol–water partition coefficient (Wildman–Crippen LogP) is 3.49. The molecule has 1 amide bonds. The lowest BCUT2D eigenvalue weighted by molar-refractivity contribution is 0.102. The van der Waals surface area contributed by atoms with Crippen molar-refractivity contribution in [1.29, 1.82) is 0 Å². The molecule has 0 saturated heterocycles. The third-order valence-electron chi connectivity index (χ3n) is 3.60. The van der Waals surface area contributed by atoms with Gasteiger partial charge in [-0.25, -0.2) is 9.97 Å². The molecule has 3 aromatic rings. The van der Waals surface area contributed by atoms with Crippen LogP contribution < -0.4 is 20.1 Å². The molecule has 7 nitrogen and oxygen atoms in total. The van der Waals surface area contributed by atoms with Crippen molar-refractivity contribution in [2.45, 2.75) is 0 Å². The van der Waals surface area contributed by atoms with E-state index in [1.807, 2.05) is 36.4 Å². The molecule has 0 atom stereocenters. The van der Waals surface area contributed by atoms with Crippen molar-refractivity contribution in [3.63, 3.8) is 0 Å². The molecule has 0 fully saturated rings. The zero-order chi connectivity index (χ0) is 18.4. The monoisotopic (exact) mass is 350 g/mol. The van der Waals surface area contributed by atoms with Crippen LogP contribution in [0.5, 0.6) is 11.5 Å². The molecular weight excluding hydrogens is 332 g/mol. The van der Waals surface area contributed by atoms with Gasteiger partial charge in [-0.15, -0.1) is 0 Å². The van der Waals surface area contributed by atoms with Gasteiger partial charge in [-0.3, -0.25) is 4.79 Å². The number of rotatable bonds is 6. The number of benzene rings is 2. The summed E-state index contributed by atoms with van der Waals surface area (Å²) in [4.78, 5) is 20.7. The summed E-state index contributed by atoms with van der Waals surface area (Å²) in [7, 11) is 3.15. The van der Waals surface area contributed by atoms with Crippen LogP contribution in [0.4, 0.5) is 17.3 Å². The molecular formula is C19H18N4O3. The third-order valence-corrected chi connectivity index (χ3v) is 3.60. The largest absolute Gasteiger partial charge is 0.497 e. The van der Waals surface area contributed by atoms with Crippen LogP contribution in [-0.2, 0) is 0 Å². The molecule has 2 aromatic carbocycles. The SMILES string of the molecule is COc1cccc(Nc2ncc(C(=O)Nc3ccccc3OC)cn2)c1. The fourth-order valence-corrected chi connectivity index (χ4v) is 2.28. The second-order valence-electron chi connectivity index (χ2n) is 5.31. The van der Waals surface area contributed by atoms with Crippen molar-refractivity contribution >= 4 is 23.2 Å². The van der Waals surface area contributed by atoms with Crippen LogP contribution in [0.1, 0.15) is 10.4 Å². The number of anilines is 3. The Hall–Kier alpha value is -3.61. The normalized spacial score (nSPS) is 10.1. The van der Waals surface area contributed by atoms with E-state index in [0.29, 0.717) is 22.9 Å². The fraction of sp³-hybridized carbons (Fsp3) is 0.105. The number of aromatic nitrogens is 2. The Kier molecular flexibility index (Phi) is 5.28. The van der Waals surface area contributed by atoms with Gasteiger partial charge in [0.1, 0.15) is 11.5 Å². The lowest BCUT2D eigenvalue weighted by Gasteiger charge is -2.10. The standard InChI is InChI=1S/C19H18N4O3/c1-25-15-7-5-6-14(10-15)22-19-20-11-13(12-21-19)18(24)23-16-8-3-4-9-17(16)26-2/h3-12H,1-2H3,(H,23,24)(H,20,21,22). The predicted molar refractivity (Wildman–Crippen MR) is 99.3 cm³/mol. The van der Waals surface area contributed by atoms with Gasteiger partial charge in [0.15, 0.2) is 0 Å². The summed E-state index contributed by atoms with van der Waals surface area (Å²) in [6, 6.07) is 14.6. The van der Waals surface area contributed by atoms with Crippen LogP contribution in [0.2, 0.25) is 0 Å². The Morgan fingerprint density at radius 1 is 0.962 bits per heavy atom. The van der Waals surface area contributed by atoms with Gasteiger partial charge in [0.25, 0.3) is 5.91 Å². The first-order chi connectivity index (χ1) is 12.7. The van der Waals surface area contributed by atoms with Crippen molar-refractivity contribution in [2.75, 3.05) is 24.9 Å². The zero-order valence-corrected chi connectivity index (χ0v) is 14.4. The van der Waals surface area contributed by atoms with Crippen LogP contribution in [-0.4, -0.2) is 30.1 Å². The minimum atomic E-state index is -0.317. The fourth-order valence-electron chi connectivity index (χ4n) is 2.28. The highest BCUT2D eigenvalue weighted by atomic mass is 16.5. The number of nitrogens with zero attached hydrogens (tertiary/aromatic N) is 2. The number of hydrogen-bond donors (Lipinski definition) is 2. The van der Waals surface area contributed by atoms with E-state index in [2.05, 4.69) is 20.6 Å². The Balaban J connectivity index is 1.69. The minimum Gasteiger partial charge on any atom is -0.497 e. The van der Waals surface area contributed by atoms with Crippen molar-refractivity contribution < 1.29 is 14.3 Å². The number of hydrogen-bond acceptors (Lipinski definition) is 6. The van der Waals surface area contributed by atoms with Gasteiger partial charge >= 0.3 is 0 Å². The molecule has 0 aliphatic carbocycles. The van der Waals surface area contributed by atoms with Crippen LogP contribution in [0.15, 0.2) is 60.9 Å². The Morgan fingerprint density at radius 2 is 1.73 bits per heavy atom. The zero-order valence-electron chi connectivity index (χ0n) is 14.4. The molecule has 0 aliphatic rings. The summed E-state index contributed by atoms with van der Waals surface area (Å²) < 4.78 is 10.4. The smallest absolute Gasteiger partial charge is 0.258 e. The molecule has 0 aliphatic heterocycles. The van der Waals surface area contributed by atoms with E-state index in [-0.39, 0.29) is 5.91 Å². The van der Waals surface area contributed by atoms with E-state index in [0.717, 1.165) is 11.4 Å². The van der Waals surface area contributed by atoms with Crippen molar-refractivity contribution in [3.8, 4) is 11.5 Å². The summed E-state index contributed by atoms with van der Waals surface area (Å²) in [5.41, 5.74) is 1.71. The highest BCUT2D eigenvalue weighted by Crippen LogP contribution is 2.24. The Labute approximate surface area is 151 Å². The maximum atomic E-state index is 12.4. The second-order valence-corrected chi connectivity index (χ2v) is 5.31. The van der Waals surface area contributed by atoms with Crippen LogP contribution in [0.3, 0.4) is 0 Å². The summed E-state index contributed by atoms with van der Waals surface area (Å²) in [6.07, 6.45) is 2.92. The number of carbonyl (C=O) groups is 1. The maximum Gasteiger partial charge on any atom is 0.258 e. The van der Waals surface area contributed by atoms with E-state index in [1.54, 1.807) is 26.4 Å². The summed E-state index contributed by atoms with van der Waals surface area (Å²) in [5.74, 6) is 1.37. The molecule has 0 unspecified atom stereocenters. The van der Waals surface area contributed by atoms with Gasteiger partial charge in [-0.05, 0) is 24.3 Å². The molecule has 7 heteroatoms. The average molecular weight is 350 g/mol. The van der Waals surface area contributed by atoms with Gasteiger partial charge in [-0.1, -0.05) is 18.2 Å². The van der Waals surface area contributed by atoms with Crippen LogP contribution in [0, 0.1) is 0 Å². The summed E-state index contributed by atoms with van der Waals surface area (Å²) in [6.45, 7) is 0. The number of nitrogens with one attached hydrogen (secondary N) is 2. The van der Waals surface area contributed by atoms with E-state index in [4.69, 9.17) is 9.47 Å². The van der Waals surface area contributed by atoms with Crippen molar-refractivity contribution in [1.82, 2.24) is 9.97 Å². The highest BCUT2D eigenvalue weighted by Gasteiger charge is 2.10. The van der Waals surface area contributed by atoms with E-state index < -0.39 is 0 Å². The van der Waals surface area contributed by atoms with Crippen molar-refractivity contribution in [3.05, 3.63) is 66.5 Å². The number of amides is 1. The van der Waals surface area contributed by atoms with Crippen LogP contribution >= 0.6 is 0 Å². The number of methoxy groups -OCH3 is 2. The molecule has 3 rings (SSSR count). The number of para-hydroxylation sites is 2. The van der Waals surface area contributed by atoms with E-state index in [9.17, 15) is 4.79 Å². The maximum absolute atomic E-state index is 12.4. The molecule has 2 N–H and O–H groups in total. The lowest BCUT2D eigenvalue weighted by Crippen LogP contribution is -2.13. The topological polar surface area (TPSA) is 85.4 Å². The number of ether oxygens (including phenoxy) is 2. The molecule has 0 radical (unpaired) electrons. The van der Waals surface area contributed by atoms with Gasteiger partial charge in [0.05, 0.1) is 25.5 Å². The summed E-state index contributed by atoms with van der Waals surface area (Å²) >= 11 is 0. The Bertz CT molecular complexity index is 897. The molecule has 132 valence electrons. The Morgan fingerprint density at radius 3 is 2.46 bits per heavy atom.